The van der Waals surface area contributed by atoms with Gasteiger partial charge in [-0.2, -0.15) is 0 Å². The van der Waals surface area contributed by atoms with Gasteiger partial charge >= 0.3 is 0 Å². The molecule has 0 spiro atoms. The molecule has 11 rings (SSSR count). The molecule has 8 aromatic carbocycles. The first kappa shape index (κ1) is 47.4. The number of hydrogen-bond acceptors (Lipinski definition) is 3. The monoisotopic (exact) mass is 1100 g/mol. The van der Waals surface area contributed by atoms with E-state index in [4.69, 9.17) is 9.97 Å². The van der Waals surface area contributed by atoms with Crippen LogP contribution in [0.15, 0.2) is 194 Å². The van der Waals surface area contributed by atoms with Crippen molar-refractivity contribution in [3.8, 4) is 62.0 Å². The number of benzene rings is 8. The number of fused-ring (bicyclic) bond motifs is 4. The second kappa shape index (κ2) is 18.1. The molecule has 354 valence electrons. The maximum atomic E-state index is 12.6. The molecule has 3 heterocycles. The van der Waals surface area contributed by atoms with Crippen molar-refractivity contribution in [3.63, 3.8) is 0 Å². The fourth-order valence-corrected chi connectivity index (χ4v) is 10.2. The standard InChI is InChI=1S/C65H57N4O.Pt/c1-63(2,3)46-38-53(61(70)54(39-46)64(4,5)6)62-67-60-50(31-22-34-58(60)69(62)56-32-20-18-29-49(56)42-23-12-9-13-24-42)43-35-44(37-47(36-43)65(7,8)45-25-14-10-15-26-45)55-40-52-51-30-19-21-33-57(51)68(59(52)41-66-55)48-27-16-11-17-28-48;/h9-34,36-41,70H,1-8H3;/q-1;. The Bertz CT molecular complexity index is 3760. The van der Waals surface area contributed by atoms with Crippen molar-refractivity contribution in [1.82, 2.24) is 19.1 Å². The molecule has 71 heavy (non-hydrogen) atoms. The Morgan fingerprint density at radius 2 is 1.10 bits per heavy atom. The zero-order chi connectivity index (χ0) is 48.5. The molecule has 0 aliphatic carbocycles. The summed E-state index contributed by atoms with van der Waals surface area (Å²) in [6.07, 6.45) is 2.02. The van der Waals surface area contributed by atoms with Crippen LogP contribution in [0.1, 0.15) is 77.6 Å². The zero-order valence-electron chi connectivity index (χ0n) is 41.5. The molecule has 0 radical (unpaired) electrons. The second-order valence-electron chi connectivity index (χ2n) is 21.2. The molecule has 11 aromatic rings. The zero-order valence-corrected chi connectivity index (χ0v) is 43.8. The van der Waals surface area contributed by atoms with Gasteiger partial charge in [0.05, 0.1) is 33.3 Å². The number of aromatic hydroxyl groups is 1. The molecule has 0 aliphatic heterocycles. The van der Waals surface area contributed by atoms with Gasteiger partial charge in [0, 0.05) is 66.0 Å². The van der Waals surface area contributed by atoms with E-state index in [0.717, 1.165) is 94.4 Å². The Morgan fingerprint density at radius 1 is 0.479 bits per heavy atom. The summed E-state index contributed by atoms with van der Waals surface area (Å²) in [7, 11) is 0. The number of phenols is 1. The van der Waals surface area contributed by atoms with Gasteiger partial charge in [-0.15, -0.1) is 29.3 Å². The van der Waals surface area contributed by atoms with Gasteiger partial charge < -0.3 is 9.67 Å². The first-order valence-electron chi connectivity index (χ1n) is 24.3. The Morgan fingerprint density at radius 3 is 1.82 bits per heavy atom. The van der Waals surface area contributed by atoms with E-state index in [2.05, 4.69) is 259 Å². The molecule has 0 aliphatic rings. The second-order valence-corrected chi connectivity index (χ2v) is 21.2. The van der Waals surface area contributed by atoms with Crippen molar-refractivity contribution in [3.05, 3.63) is 223 Å². The SMILES string of the molecule is CC(C)(C)c1cc(-c2nc3c(-c4[c-]c(-c5cc6c7ccccc7n(-c7ccccc7)c6cn5)cc(C(C)(C)c5ccccc5)c4)cccc3n2-c2ccccc2-c2ccccc2)c(O)c(C(C)(C)C)c1.[Pt]. The van der Waals surface area contributed by atoms with E-state index in [0.29, 0.717) is 11.4 Å². The van der Waals surface area contributed by atoms with Crippen LogP contribution < -0.4 is 0 Å². The van der Waals surface area contributed by atoms with Gasteiger partial charge in [-0.25, -0.2) is 4.98 Å². The third kappa shape index (κ3) is 8.40. The predicted octanol–water partition coefficient (Wildman–Crippen LogP) is 16.6. The molecule has 1 N–H and O–H groups in total. The van der Waals surface area contributed by atoms with Crippen LogP contribution in [-0.2, 0) is 37.3 Å². The molecule has 5 nitrogen and oxygen atoms in total. The average molecular weight is 1110 g/mol. The van der Waals surface area contributed by atoms with E-state index in [1.54, 1.807) is 0 Å². The molecular weight excluding hydrogens is 1050 g/mol. The largest absolute Gasteiger partial charge is 0.507 e. The van der Waals surface area contributed by atoms with E-state index in [9.17, 15) is 5.11 Å². The summed E-state index contributed by atoms with van der Waals surface area (Å²) in [5, 5.41) is 14.9. The summed E-state index contributed by atoms with van der Waals surface area (Å²) >= 11 is 0. The summed E-state index contributed by atoms with van der Waals surface area (Å²) in [6, 6.07) is 70.4. The predicted molar refractivity (Wildman–Crippen MR) is 291 cm³/mol. The first-order valence-corrected chi connectivity index (χ1v) is 24.3. The Hall–Kier alpha value is -7.33. The van der Waals surface area contributed by atoms with Crippen LogP contribution in [-0.4, -0.2) is 24.2 Å². The van der Waals surface area contributed by atoms with Crippen LogP contribution in [0.25, 0.3) is 89.1 Å². The van der Waals surface area contributed by atoms with E-state index < -0.39 is 0 Å². The molecule has 0 saturated heterocycles. The molecule has 0 unspecified atom stereocenters. The smallest absolute Gasteiger partial charge is 0.148 e. The van der Waals surface area contributed by atoms with Crippen LogP contribution in [0.3, 0.4) is 0 Å². The number of hydrogen-bond donors (Lipinski definition) is 1. The van der Waals surface area contributed by atoms with E-state index in [1.807, 2.05) is 6.20 Å². The fraction of sp³-hybridized carbons (Fsp3) is 0.169. The molecule has 3 aromatic heterocycles. The summed E-state index contributed by atoms with van der Waals surface area (Å²) in [6.45, 7) is 17.8. The van der Waals surface area contributed by atoms with Gasteiger partial charge in [-0.05, 0) is 63.9 Å². The maximum absolute atomic E-state index is 12.6. The molecular formula is C65H57N4OPt-. The molecule has 6 heteroatoms. The quantitative estimate of drug-likeness (QED) is 0.154. The van der Waals surface area contributed by atoms with Crippen molar-refractivity contribution in [2.45, 2.75) is 71.6 Å². The third-order valence-electron chi connectivity index (χ3n) is 14.2. The number of para-hydroxylation sites is 4. The number of nitrogens with zero attached hydrogens (tertiary/aromatic N) is 4. The van der Waals surface area contributed by atoms with Crippen LogP contribution >= 0.6 is 0 Å². The number of rotatable bonds is 8. The van der Waals surface area contributed by atoms with E-state index in [-0.39, 0.29) is 43.1 Å². The Kier molecular flexibility index (Phi) is 12.1. The van der Waals surface area contributed by atoms with Crippen molar-refractivity contribution in [2.24, 2.45) is 0 Å². The Labute approximate surface area is 431 Å². The van der Waals surface area contributed by atoms with Crippen LogP contribution in [0.5, 0.6) is 5.75 Å². The minimum absolute atomic E-state index is 0. The van der Waals surface area contributed by atoms with Crippen LogP contribution in [0.4, 0.5) is 0 Å². The number of phenolic OH excluding ortho intramolecular Hbond substituents is 1. The summed E-state index contributed by atoms with van der Waals surface area (Å²) < 4.78 is 4.56. The van der Waals surface area contributed by atoms with Gasteiger partial charge in [-0.1, -0.05) is 206 Å². The maximum Gasteiger partial charge on any atom is 0.148 e. The van der Waals surface area contributed by atoms with Crippen molar-refractivity contribution < 1.29 is 26.2 Å². The van der Waals surface area contributed by atoms with Gasteiger partial charge in [-0.3, -0.25) is 9.55 Å². The van der Waals surface area contributed by atoms with Gasteiger partial charge in [0.1, 0.15) is 11.6 Å². The third-order valence-corrected chi connectivity index (χ3v) is 14.2. The minimum Gasteiger partial charge on any atom is -0.507 e. The van der Waals surface area contributed by atoms with Gasteiger partial charge in [0.2, 0.25) is 0 Å². The summed E-state index contributed by atoms with van der Waals surface area (Å²) in [5.74, 6) is 0.911. The number of pyridine rings is 1. The Balaban J connectivity index is 0.00000582. The minimum atomic E-state index is -0.386. The molecule has 0 fully saturated rings. The first-order chi connectivity index (χ1) is 33.7. The molecule has 0 saturated carbocycles. The normalized spacial score (nSPS) is 12.2. The van der Waals surface area contributed by atoms with Crippen molar-refractivity contribution in [1.29, 1.82) is 0 Å². The van der Waals surface area contributed by atoms with Gasteiger partial charge in [0.25, 0.3) is 0 Å². The summed E-state index contributed by atoms with van der Waals surface area (Å²) in [5.41, 5.74) is 15.8. The molecule has 0 amide bonds. The summed E-state index contributed by atoms with van der Waals surface area (Å²) in [4.78, 5) is 11.0. The van der Waals surface area contributed by atoms with Gasteiger partial charge in [0.15, 0.2) is 0 Å². The van der Waals surface area contributed by atoms with Crippen LogP contribution in [0.2, 0.25) is 0 Å². The number of imidazole rings is 1. The van der Waals surface area contributed by atoms with Crippen molar-refractivity contribution >= 4 is 32.8 Å². The van der Waals surface area contributed by atoms with Crippen LogP contribution in [0, 0.1) is 6.07 Å². The molecule has 0 bridgehead atoms. The van der Waals surface area contributed by atoms with Crippen molar-refractivity contribution in [2.75, 3.05) is 0 Å². The number of aromatic nitrogens is 4. The van der Waals surface area contributed by atoms with E-state index >= 15 is 0 Å². The fourth-order valence-electron chi connectivity index (χ4n) is 10.2. The topological polar surface area (TPSA) is 55.9 Å². The average Bonchev–Trinajstić information content (AvgIpc) is 3.92. The van der Waals surface area contributed by atoms with E-state index in [1.165, 1.54) is 5.56 Å². The molecule has 0 atom stereocenters.